The van der Waals surface area contributed by atoms with Gasteiger partial charge in [-0.1, -0.05) is 11.8 Å². The highest BCUT2D eigenvalue weighted by Gasteiger charge is 2.45. The molecule has 1 N–H and O–H groups in total. The zero-order chi connectivity index (χ0) is 13.9. The third-order valence-corrected chi connectivity index (χ3v) is 4.71. The SMILES string of the molecule is CNC1(C(=O)OC)CCC(Sc2nccc(C)n2)C1. The van der Waals surface area contributed by atoms with Crippen molar-refractivity contribution in [1.29, 1.82) is 0 Å². The second-order valence-electron chi connectivity index (χ2n) is 4.79. The van der Waals surface area contributed by atoms with Gasteiger partial charge in [-0.2, -0.15) is 0 Å². The van der Waals surface area contributed by atoms with Crippen molar-refractivity contribution in [3.63, 3.8) is 0 Å². The van der Waals surface area contributed by atoms with Crippen LogP contribution in [-0.4, -0.2) is 40.9 Å². The van der Waals surface area contributed by atoms with Crippen LogP contribution >= 0.6 is 11.8 Å². The number of nitrogens with one attached hydrogen (secondary N) is 1. The van der Waals surface area contributed by atoms with Crippen LogP contribution in [0, 0.1) is 6.92 Å². The maximum atomic E-state index is 11.9. The summed E-state index contributed by atoms with van der Waals surface area (Å²) in [4.78, 5) is 20.5. The summed E-state index contributed by atoms with van der Waals surface area (Å²) in [5.74, 6) is -0.178. The van der Waals surface area contributed by atoms with Crippen molar-refractivity contribution in [2.45, 2.75) is 42.1 Å². The molecule has 1 aliphatic carbocycles. The van der Waals surface area contributed by atoms with Crippen LogP contribution in [0.25, 0.3) is 0 Å². The van der Waals surface area contributed by atoms with Crippen LogP contribution in [0.15, 0.2) is 17.4 Å². The highest BCUT2D eigenvalue weighted by Crippen LogP contribution is 2.39. The minimum absolute atomic E-state index is 0.178. The van der Waals surface area contributed by atoms with Crippen molar-refractivity contribution in [1.82, 2.24) is 15.3 Å². The Morgan fingerprint density at radius 1 is 1.63 bits per heavy atom. The molecule has 0 amide bonds. The third-order valence-electron chi connectivity index (χ3n) is 3.57. The van der Waals surface area contributed by atoms with Gasteiger partial charge in [0.15, 0.2) is 5.16 Å². The smallest absolute Gasteiger partial charge is 0.326 e. The molecule has 2 atom stereocenters. The molecule has 1 aromatic rings. The number of ether oxygens (including phenoxy) is 1. The van der Waals surface area contributed by atoms with Gasteiger partial charge >= 0.3 is 5.97 Å². The van der Waals surface area contributed by atoms with Crippen LogP contribution < -0.4 is 5.32 Å². The first-order chi connectivity index (χ1) is 9.09. The van der Waals surface area contributed by atoms with Gasteiger partial charge in [0.05, 0.1) is 7.11 Å². The van der Waals surface area contributed by atoms with Crippen molar-refractivity contribution in [3.8, 4) is 0 Å². The molecule has 2 unspecified atom stereocenters. The number of carbonyl (C=O) groups excluding carboxylic acids is 1. The molecule has 1 aliphatic rings. The lowest BCUT2D eigenvalue weighted by Gasteiger charge is -2.25. The van der Waals surface area contributed by atoms with Crippen molar-refractivity contribution in [3.05, 3.63) is 18.0 Å². The van der Waals surface area contributed by atoms with Gasteiger partial charge in [0.25, 0.3) is 0 Å². The first-order valence-corrected chi connectivity index (χ1v) is 7.21. The summed E-state index contributed by atoms with van der Waals surface area (Å²) < 4.78 is 4.90. The number of rotatable bonds is 4. The van der Waals surface area contributed by atoms with Crippen LogP contribution in [0.4, 0.5) is 0 Å². The van der Waals surface area contributed by atoms with E-state index in [-0.39, 0.29) is 5.97 Å². The van der Waals surface area contributed by atoms with E-state index in [0.717, 1.165) is 30.1 Å². The quantitative estimate of drug-likeness (QED) is 0.667. The molecule has 0 spiro atoms. The summed E-state index contributed by atoms with van der Waals surface area (Å²) >= 11 is 1.64. The molecular formula is C13H19N3O2S. The van der Waals surface area contributed by atoms with E-state index >= 15 is 0 Å². The first-order valence-electron chi connectivity index (χ1n) is 6.33. The summed E-state index contributed by atoms with van der Waals surface area (Å²) in [7, 11) is 3.25. The molecule has 104 valence electrons. The molecule has 0 saturated heterocycles. The van der Waals surface area contributed by atoms with Gasteiger partial charge in [-0.15, -0.1) is 0 Å². The Morgan fingerprint density at radius 3 is 3.05 bits per heavy atom. The standard InChI is InChI=1S/C13H19N3O2S/c1-9-5-7-15-12(16-9)19-10-4-6-13(8-10,14-2)11(17)18-3/h5,7,10,14H,4,6,8H2,1-3H3. The van der Waals surface area contributed by atoms with E-state index in [9.17, 15) is 4.79 Å². The van der Waals surface area contributed by atoms with E-state index in [1.165, 1.54) is 7.11 Å². The molecule has 1 fully saturated rings. The Kier molecular flexibility index (Phi) is 4.42. The third kappa shape index (κ3) is 3.06. The maximum Gasteiger partial charge on any atom is 0.326 e. The molecule has 0 aromatic carbocycles. The van der Waals surface area contributed by atoms with Gasteiger partial charge in [0.2, 0.25) is 0 Å². The Balaban J connectivity index is 2.04. The zero-order valence-corrected chi connectivity index (χ0v) is 12.3. The molecular weight excluding hydrogens is 262 g/mol. The van der Waals surface area contributed by atoms with Gasteiger partial charge < -0.3 is 10.1 Å². The maximum absolute atomic E-state index is 11.9. The van der Waals surface area contributed by atoms with E-state index in [2.05, 4.69) is 15.3 Å². The number of hydrogen-bond donors (Lipinski definition) is 1. The van der Waals surface area contributed by atoms with Gasteiger partial charge in [0.1, 0.15) is 5.54 Å². The lowest BCUT2D eigenvalue weighted by Crippen LogP contribution is -2.49. The fraction of sp³-hybridized carbons (Fsp3) is 0.615. The molecule has 1 heterocycles. The summed E-state index contributed by atoms with van der Waals surface area (Å²) in [6.07, 6.45) is 4.26. The lowest BCUT2D eigenvalue weighted by molar-refractivity contribution is -0.148. The molecule has 2 rings (SSSR count). The average Bonchev–Trinajstić information content (AvgIpc) is 2.82. The molecule has 0 aliphatic heterocycles. The summed E-state index contributed by atoms with van der Waals surface area (Å²) in [6, 6.07) is 1.88. The molecule has 0 radical (unpaired) electrons. The number of nitrogens with zero attached hydrogens (tertiary/aromatic N) is 2. The molecule has 0 bridgehead atoms. The van der Waals surface area contributed by atoms with Crippen LogP contribution in [0.3, 0.4) is 0 Å². The van der Waals surface area contributed by atoms with Crippen molar-refractivity contribution in [2.24, 2.45) is 0 Å². The van der Waals surface area contributed by atoms with E-state index < -0.39 is 5.54 Å². The first kappa shape index (κ1) is 14.3. The van der Waals surface area contributed by atoms with E-state index in [4.69, 9.17) is 4.74 Å². The Morgan fingerprint density at radius 2 is 2.42 bits per heavy atom. The number of carbonyl (C=O) groups is 1. The molecule has 5 nitrogen and oxygen atoms in total. The summed E-state index contributed by atoms with van der Waals surface area (Å²) in [5.41, 5.74) is 0.416. The Labute approximate surface area is 117 Å². The highest BCUT2D eigenvalue weighted by molar-refractivity contribution is 7.99. The fourth-order valence-electron chi connectivity index (χ4n) is 2.44. The Bertz CT molecular complexity index is 469. The molecule has 1 saturated carbocycles. The number of aryl methyl sites for hydroxylation is 1. The Hall–Kier alpha value is -1.14. The second kappa shape index (κ2) is 5.88. The number of thioether (sulfide) groups is 1. The number of likely N-dealkylation sites (N-methyl/N-ethyl adjacent to an activating group) is 1. The normalized spacial score (nSPS) is 26.4. The predicted molar refractivity (Wildman–Crippen MR) is 74.1 cm³/mol. The topological polar surface area (TPSA) is 64.1 Å². The summed E-state index contributed by atoms with van der Waals surface area (Å²) in [6.45, 7) is 1.95. The van der Waals surface area contributed by atoms with Gasteiger partial charge in [0, 0.05) is 17.1 Å². The second-order valence-corrected chi connectivity index (χ2v) is 6.05. The van der Waals surface area contributed by atoms with Crippen LogP contribution in [0.1, 0.15) is 25.0 Å². The number of esters is 1. The van der Waals surface area contributed by atoms with Gasteiger partial charge in [-0.05, 0) is 39.3 Å². The van der Waals surface area contributed by atoms with E-state index in [1.54, 1.807) is 18.0 Å². The van der Waals surface area contributed by atoms with Crippen molar-refractivity contribution >= 4 is 17.7 Å². The van der Waals surface area contributed by atoms with E-state index in [0.29, 0.717) is 5.25 Å². The minimum atomic E-state index is -0.545. The number of methoxy groups -OCH3 is 1. The highest BCUT2D eigenvalue weighted by atomic mass is 32.2. The van der Waals surface area contributed by atoms with Crippen molar-refractivity contribution < 1.29 is 9.53 Å². The molecule has 1 aromatic heterocycles. The zero-order valence-electron chi connectivity index (χ0n) is 11.5. The monoisotopic (exact) mass is 281 g/mol. The van der Waals surface area contributed by atoms with Crippen LogP contribution in [-0.2, 0) is 9.53 Å². The lowest BCUT2D eigenvalue weighted by atomic mass is 9.98. The fourth-order valence-corrected chi connectivity index (χ4v) is 3.66. The predicted octanol–water partition coefficient (Wildman–Crippen LogP) is 1.56. The number of aromatic nitrogens is 2. The van der Waals surface area contributed by atoms with Crippen molar-refractivity contribution in [2.75, 3.05) is 14.2 Å². The number of hydrogen-bond acceptors (Lipinski definition) is 6. The minimum Gasteiger partial charge on any atom is -0.468 e. The van der Waals surface area contributed by atoms with Gasteiger partial charge in [-0.3, -0.25) is 4.79 Å². The molecule has 19 heavy (non-hydrogen) atoms. The van der Waals surface area contributed by atoms with Crippen LogP contribution in [0.5, 0.6) is 0 Å². The van der Waals surface area contributed by atoms with E-state index in [1.807, 2.05) is 20.0 Å². The van der Waals surface area contributed by atoms with Gasteiger partial charge in [-0.25, -0.2) is 9.97 Å². The average molecular weight is 281 g/mol. The van der Waals surface area contributed by atoms with Crippen LogP contribution in [0.2, 0.25) is 0 Å². The summed E-state index contributed by atoms with van der Waals surface area (Å²) in [5, 5.41) is 4.25. The largest absolute Gasteiger partial charge is 0.468 e. The molecule has 6 heteroatoms.